The molecule has 0 atom stereocenters. The molecule has 19 heavy (non-hydrogen) atoms. The topological polar surface area (TPSA) is 74.6 Å². The second-order valence-electron chi connectivity index (χ2n) is 4.33. The van der Waals surface area contributed by atoms with E-state index in [1.165, 1.54) is 25.1 Å². The highest BCUT2D eigenvalue weighted by Gasteiger charge is 2.26. The summed E-state index contributed by atoms with van der Waals surface area (Å²) in [5.41, 5.74) is 0.463. The Morgan fingerprint density at radius 2 is 1.58 bits per heavy atom. The van der Waals surface area contributed by atoms with Crippen molar-refractivity contribution < 1.29 is 18.6 Å². The van der Waals surface area contributed by atoms with Gasteiger partial charge in [-0.05, 0) is 37.6 Å². The fraction of sp³-hybridized carbons (Fsp3) is 0.143. The summed E-state index contributed by atoms with van der Waals surface area (Å²) in [6.45, 7) is 3.00. The third-order valence-electron chi connectivity index (χ3n) is 2.99. The summed E-state index contributed by atoms with van der Waals surface area (Å²) in [6.07, 6.45) is 0. The minimum atomic E-state index is -3.86. The van der Waals surface area contributed by atoms with Crippen LogP contribution < -0.4 is 0 Å². The number of hydrogen-bond donors (Lipinski definition) is 2. The van der Waals surface area contributed by atoms with E-state index < -0.39 is 9.84 Å². The van der Waals surface area contributed by atoms with Crippen molar-refractivity contribution in [1.82, 2.24) is 0 Å². The SMILES string of the molecule is Cc1cc(O)c(C)c(S(=O)(=O)c2ccccc2)c1O. The van der Waals surface area contributed by atoms with E-state index in [-0.39, 0.29) is 26.9 Å². The van der Waals surface area contributed by atoms with Crippen molar-refractivity contribution in [2.24, 2.45) is 0 Å². The van der Waals surface area contributed by atoms with E-state index in [0.29, 0.717) is 5.56 Å². The van der Waals surface area contributed by atoms with E-state index in [1.807, 2.05) is 0 Å². The second kappa shape index (κ2) is 4.59. The molecule has 2 rings (SSSR count). The van der Waals surface area contributed by atoms with Gasteiger partial charge in [0.05, 0.1) is 4.90 Å². The van der Waals surface area contributed by atoms with E-state index in [0.717, 1.165) is 0 Å². The van der Waals surface area contributed by atoms with Gasteiger partial charge in [-0.3, -0.25) is 0 Å². The van der Waals surface area contributed by atoms with Crippen LogP contribution >= 0.6 is 0 Å². The zero-order valence-corrected chi connectivity index (χ0v) is 11.4. The molecule has 0 aromatic heterocycles. The van der Waals surface area contributed by atoms with E-state index in [1.54, 1.807) is 25.1 Å². The van der Waals surface area contributed by atoms with E-state index >= 15 is 0 Å². The summed E-state index contributed by atoms with van der Waals surface area (Å²) >= 11 is 0. The minimum absolute atomic E-state index is 0.0819. The quantitative estimate of drug-likeness (QED) is 0.828. The Morgan fingerprint density at radius 1 is 1.00 bits per heavy atom. The van der Waals surface area contributed by atoms with Crippen LogP contribution in [0.5, 0.6) is 11.5 Å². The molecular formula is C14H14O4S. The lowest BCUT2D eigenvalue weighted by molar-refractivity contribution is 0.437. The molecule has 0 heterocycles. The Bertz CT molecular complexity index is 693. The van der Waals surface area contributed by atoms with Gasteiger partial charge >= 0.3 is 0 Å². The van der Waals surface area contributed by atoms with Crippen LogP contribution in [0.2, 0.25) is 0 Å². The first-order chi connectivity index (χ1) is 8.85. The van der Waals surface area contributed by atoms with Crippen molar-refractivity contribution in [3.63, 3.8) is 0 Å². The largest absolute Gasteiger partial charge is 0.508 e. The first-order valence-electron chi connectivity index (χ1n) is 5.68. The van der Waals surface area contributed by atoms with Gasteiger partial charge in [0, 0.05) is 5.56 Å². The summed E-state index contributed by atoms with van der Waals surface area (Å²) in [4.78, 5) is -0.158. The maximum absolute atomic E-state index is 12.5. The Hall–Kier alpha value is -2.01. The van der Waals surface area contributed by atoms with Crippen LogP contribution in [0, 0.1) is 13.8 Å². The molecule has 0 bridgehead atoms. The van der Waals surface area contributed by atoms with Crippen molar-refractivity contribution in [3.8, 4) is 11.5 Å². The molecule has 0 radical (unpaired) electrons. The monoisotopic (exact) mass is 278 g/mol. The molecule has 0 saturated carbocycles. The Morgan fingerprint density at radius 3 is 2.16 bits per heavy atom. The Balaban J connectivity index is 2.80. The van der Waals surface area contributed by atoms with Crippen LogP contribution in [0.25, 0.3) is 0 Å². The third-order valence-corrected chi connectivity index (χ3v) is 4.92. The predicted molar refractivity (Wildman–Crippen MR) is 71.1 cm³/mol. The van der Waals surface area contributed by atoms with Crippen LogP contribution in [-0.4, -0.2) is 18.6 Å². The zero-order valence-electron chi connectivity index (χ0n) is 10.6. The van der Waals surface area contributed by atoms with Gasteiger partial charge in [0.15, 0.2) is 0 Å². The highest BCUT2D eigenvalue weighted by Crippen LogP contribution is 2.38. The van der Waals surface area contributed by atoms with Gasteiger partial charge in [0.1, 0.15) is 16.4 Å². The van der Waals surface area contributed by atoms with Crippen molar-refractivity contribution in [2.45, 2.75) is 23.6 Å². The van der Waals surface area contributed by atoms with Gasteiger partial charge in [-0.2, -0.15) is 0 Å². The van der Waals surface area contributed by atoms with Crippen LogP contribution in [-0.2, 0) is 9.84 Å². The standard InChI is InChI=1S/C14H14O4S/c1-9-8-12(15)10(2)14(13(9)16)19(17,18)11-6-4-3-5-7-11/h3-8,15-16H,1-2H3. The molecule has 0 spiro atoms. The van der Waals surface area contributed by atoms with Crippen molar-refractivity contribution in [1.29, 1.82) is 0 Å². The summed E-state index contributed by atoms with van der Waals surface area (Å²) < 4.78 is 25.0. The Labute approximate surface area is 111 Å². The number of rotatable bonds is 2. The molecule has 100 valence electrons. The first kappa shape index (κ1) is 13.4. The lowest BCUT2D eigenvalue weighted by Crippen LogP contribution is -2.05. The van der Waals surface area contributed by atoms with Gasteiger partial charge in [0.25, 0.3) is 0 Å². The molecule has 2 aromatic rings. The van der Waals surface area contributed by atoms with Gasteiger partial charge in [0.2, 0.25) is 9.84 Å². The van der Waals surface area contributed by atoms with Crippen molar-refractivity contribution in [2.75, 3.05) is 0 Å². The van der Waals surface area contributed by atoms with E-state index in [4.69, 9.17) is 0 Å². The summed E-state index contributed by atoms with van der Waals surface area (Å²) in [6, 6.07) is 9.17. The number of phenolic OH excluding ortho intramolecular Hbond substituents is 2. The first-order valence-corrected chi connectivity index (χ1v) is 7.16. The van der Waals surface area contributed by atoms with Crippen LogP contribution in [0.4, 0.5) is 0 Å². The maximum atomic E-state index is 12.5. The maximum Gasteiger partial charge on any atom is 0.210 e. The van der Waals surface area contributed by atoms with Gasteiger partial charge in [-0.25, -0.2) is 8.42 Å². The summed E-state index contributed by atoms with van der Waals surface area (Å²) in [5.74, 6) is -0.469. The normalized spacial score (nSPS) is 11.5. The molecule has 0 aliphatic heterocycles. The summed E-state index contributed by atoms with van der Waals surface area (Å²) in [5, 5.41) is 19.7. The molecule has 2 N–H and O–H groups in total. The lowest BCUT2D eigenvalue weighted by Gasteiger charge is -2.13. The fourth-order valence-electron chi connectivity index (χ4n) is 1.90. The molecular weight excluding hydrogens is 264 g/mol. The van der Waals surface area contributed by atoms with Crippen LogP contribution in [0.3, 0.4) is 0 Å². The fourth-order valence-corrected chi connectivity index (χ4v) is 3.58. The third kappa shape index (κ3) is 2.17. The molecule has 0 aliphatic carbocycles. The molecule has 0 aliphatic rings. The molecule has 2 aromatic carbocycles. The second-order valence-corrected chi connectivity index (χ2v) is 6.22. The highest BCUT2D eigenvalue weighted by molar-refractivity contribution is 7.91. The Kier molecular flexibility index (Phi) is 3.24. The molecule has 4 nitrogen and oxygen atoms in total. The van der Waals surface area contributed by atoms with Crippen LogP contribution in [0.1, 0.15) is 11.1 Å². The van der Waals surface area contributed by atoms with Crippen LogP contribution in [0.15, 0.2) is 46.2 Å². The lowest BCUT2D eigenvalue weighted by atomic mass is 10.1. The molecule has 0 saturated heterocycles. The highest BCUT2D eigenvalue weighted by atomic mass is 32.2. The van der Waals surface area contributed by atoms with E-state index in [9.17, 15) is 18.6 Å². The average Bonchev–Trinajstić information content (AvgIpc) is 2.37. The van der Waals surface area contributed by atoms with Gasteiger partial charge in [-0.15, -0.1) is 0 Å². The van der Waals surface area contributed by atoms with E-state index in [2.05, 4.69) is 0 Å². The summed E-state index contributed by atoms with van der Waals surface area (Å²) in [7, 11) is -3.86. The zero-order chi connectivity index (χ0) is 14.2. The average molecular weight is 278 g/mol. The number of hydrogen-bond acceptors (Lipinski definition) is 4. The van der Waals surface area contributed by atoms with Crippen molar-refractivity contribution >= 4 is 9.84 Å². The number of phenols is 2. The molecule has 5 heteroatoms. The van der Waals surface area contributed by atoms with Gasteiger partial charge < -0.3 is 10.2 Å². The molecule has 0 amide bonds. The van der Waals surface area contributed by atoms with Crippen molar-refractivity contribution in [3.05, 3.63) is 47.5 Å². The van der Waals surface area contributed by atoms with Gasteiger partial charge in [-0.1, -0.05) is 18.2 Å². The predicted octanol–water partition coefficient (Wildman–Crippen LogP) is 2.55. The minimum Gasteiger partial charge on any atom is -0.508 e. The number of sulfone groups is 1. The number of benzene rings is 2. The smallest absolute Gasteiger partial charge is 0.210 e. The molecule has 0 unspecified atom stereocenters. The number of aryl methyl sites for hydroxylation is 1. The number of aromatic hydroxyl groups is 2. The molecule has 0 fully saturated rings.